The van der Waals surface area contributed by atoms with Gasteiger partial charge in [0.25, 0.3) is 11.6 Å². The Kier molecular flexibility index (Phi) is 6.00. The van der Waals surface area contributed by atoms with Crippen LogP contribution in [-0.4, -0.2) is 29.4 Å². The maximum absolute atomic E-state index is 12.5. The molecule has 3 rings (SSSR count). The van der Waals surface area contributed by atoms with E-state index in [9.17, 15) is 14.9 Å². The van der Waals surface area contributed by atoms with Crippen LogP contribution in [0.25, 0.3) is 10.6 Å². The number of rotatable bonds is 7. The highest BCUT2D eigenvalue weighted by Gasteiger charge is 2.16. The number of nitrogens with zero attached hydrogens (tertiary/aromatic N) is 2. The fourth-order valence-electron chi connectivity index (χ4n) is 2.70. The number of carbonyl (C=O) groups is 1. The van der Waals surface area contributed by atoms with E-state index >= 15 is 0 Å². The first kappa shape index (κ1) is 19.5. The third-order valence-electron chi connectivity index (χ3n) is 4.24. The maximum Gasteiger partial charge on any atom is 0.270 e. The van der Waals surface area contributed by atoms with Gasteiger partial charge in [0.2, 0.25) is 0 Å². The number of benzene rings is 2. The lowest BCUT2D eigenvalue weighted by molar-refractivity contribution is -0.384. The third kappa shape index (κ3) is 4.52. The van der Waals surface area contributed by atoms with Gasteiger partial charge in [-0.2, -0.15) is 0 Å². The molecule has 28 heavy (non-hydrogen) atoms. The summed E-state index contributed by atoms with van der Waals surface area (Å²) in [4.78, 5) is 27.5. The lowest BCUT2D eigenvalue weighted by atomic mass is 10.1. The molecule has 0 atom stereocenters. The first-order chi connectivity index (χ1) is 13.5. The molecule has 2 aromatic carbocycles. The molecule has 0 unspecified atom stereocenters. The standard InChI is InChI=1S/C20H20N4O3S/c1-13-3-5-14(6-4-13)20-23-15(12-28-20)9-10-22-19(25)17-11-16(24(26)27)7-8-18(17)21-2/h3-8,11-12,21H,9-10H2,1-2H3,(H,22,25). The molecule has 1 amide bonds. The van der Waals surface area contributed by atoms with Crippen LogP contribution in [0.3, 0.4) is 0 Å². The van der Waals surface area contributed by atoms with Crippen LogP contribution in [0.15, 0.2) is 47.8 Å². The molecule has 0 bridgehead atoms. The Morgan fingerprint density at radius 1 is 1.21 bits per heavy atom. The zero-order chi connectivity index (χ0) is 20.1. The minimum absolute atomic E-state index is 0.119. The first-order valence-electron chi connectivity index (χ1n) is 8.74. The number of anilines is 1. The van der Waals surface area contributed by atoms with Crippen LogP contribution in [-0.2, 0) is 6.42 Å². The second-order valence-corrected chi connectivity index (χ2v) is 7.11. The van der Waals surface area contributed by atoms with E-state index in [1.807, 2.05) is 24.4 Å². The molecule has 7 nitrogen and oxygen atoms in total. The molecule has 1 heterocycles. The Bertz CT molecular complexity index is 999. The van der Waals surface area contributed by atoms with Gasteiger partial charge in [0.05, 0.1) is 16.2 Å². The van der Waals surface area contributed by atoms with Crippen molar-refractivity contribution < 1.29 is 9.72 Å². The molecule has 144 valence electrons. The van der Waals surface area contributed by atoms with Gasteiger partial charge in [-0.05, 0) is 13.0 Å². The third-order valence-corrected chi connectivity index (χ3v) is 5.19. The van der Waals surface area contributed by atoms with Crippen molar-refractivity contribution in [3.8, 4) is 10.6 Å². The van der Waals surface area contributed by atoms with E-state index in [0.29, 0.717) is 18.7 Å². The molecule has 0 aliphatic heterocycles. The second-order valence-electron chi connectivity index (χ2n) is 6.25. The van der Waals surface area contributed by atoms with E-state index in [1.165, 1.54) is 23.8 Å². The maximum atomic E-state index is 12.5. The number of nitrogens with one attached hydrogen (secondary N) is 2. The number of aryl methyl sites for hydroxylation is 1. The molecule has 8 heteroatoms. The van der Waals surface area contributed by atoms with Crippen molar-refractivity contribution in [1.82, 2.24) is 10.3 Å². The van der Waals surface area contributed by atoms with E-state index in [1.54, 1.807) is 18.4 Å². The quantitative estimate of drug-likeness (QED) is 0.464. The average Bonchev–Trinajstić information content (AvgIpc) is 3.16. The molecule has 0 aliphatic rings. The Balaban J connectivity index is 1.62. The predicted molar refractivity (Wildman–Crippen MR) is 111 cm³/mol. The number of thiazole rings is 1. The molecule has 2 N–H and O–H groups in total. The Morgan fingerprint density at radius 3 is 2.64 bits per heavy atom. The summed E-state index contributed by atoms with van der Waals surface area (Å²) in [6.07, 6.45) is 0.581. The molecule has 3 aromatic rings. The molecular weight excluding hydrogens is 376 g/mol. The number of aromatic nitrogens is 1. The largest absolute Gasteiger partial charge is 0.387 e. The highest BCUT2D eigenvalue weighted by Crippen LogP contribution is 2.24. The van der Waals surface area contributed by atoms with Gasteiger partial charge in [0.1, 0.15) is 5.01 Å². The Hall–Kier alpha value is -3.26. The molecule has 0 radical (unpaired) electrons. The van der Waals surface area contributed by atoms with Gasteiger partial charge in [0.15, 0.2) is 0 Å². The van der Waals surface area contributed by atoms with E-state index in [0.717, 1.165) is 16.3 Å². The molecule has 0 fully saturated rings. The summed E-state index contributed by atoms with van der Waals surface area (Å²) in [5, 5.41) is 19.6. The normalized spacial score (nSPS) is 10.5. The van der Waals surface area contributed by atoms with Crippen LogP contribution in [0.5, 0.6) is 0 Å². The summed E-state index contributed by atoms with van der Waals surface area (Å²) in [5.74, 6) is -0.359. The summed E-state index contributed by atoms with van der Waals surface area (Å²) >= 11 is 1.57. The number of nitro groups is 1. The van der Waals surface area contributed by atoms with Crippen molar-refractivity contribution in [1.29, 1.82) is 0 Å². The molecule has 1 aromatic heterocycles. The van der Waals surface area contributed by atoms with Gasteiger partial charge in [-0.25, -0.2) is 4.98 Å². The topological polar surface area (TPSA) is 97.2 Å². The summed E-state index contributed by atoms with van der Waals surface area (Å²) in [6.45, 7) is 2.43. The number of hydrogen-bond donors (Lipinski definition) is 2. The smallest absolute Gasteiger partial charge is 0.270 e. The number of nitro benzene ring substituents is 1. The van der Waals surface area contributed by atoms with Crippen LogP contribution < -0.4 is 10.6 Å². The highest BCUT2D eigenvalue weighted by molar-refractivity contribution is 7.13. The highest BCUT2D eigenvalue weighted by atomic mass is 32.1. The van der Waals surface area contributed by atoms with Crippen LogP contribution >= 0.6 is 11.3 Å². The first-order valence-corrected chi connectivity index (χ1v) is 9.61. The number of amides is 1. The van der Waals surface area contributed by atoms with Crippen molar-refractivity contribution in [2.75, 3.05) is 18.9 Å². The van der Waals surface area contributed by atoms with Gasteiger partial charge in [-0.1, -0.05) is 29.8 Å². The number of carbonyl (C=O) groups excluding carboxylic acids is 1. The number of hydrogen-bond acceptors (Lipinski definition) is 6. The second kappa shape index (κ2) is 8.62. The van der Waals surface area contributed by atoms with E-state index in [2.05, 4.69) is 27.8 Å². The summed E-state index contributed by atoms with van der Waals surface area (Å²) < 4.78 is 0. The fourth-order valence-corrected chi connectivity index (χ4v) is 3.56. The molecular formula is C20H20N4O3S. The Morgan fingerprint density at radius 2 is 1.96 bits per heavy atom. The van der Waals surface area contributed by atoms with Gasteiger partial charge >= 0.3 is 0 Å². The fraction of sp³-hybridized carbons (Fsp3) is 0.200. The van der Waals surface area contributed by atoms with Gasteiger partial charge in [-0.3, -0.25) is 14.9 Å². The van der Waals surface area contributed by atoms with Crippen LogP contribution in [0.1, 0.15) is 21.6 Å². The Labute approximate surface area is 166 Å². The van der Waals surface area contributed by atoms with Gasteiger partial charge < -0.3 is 10.6 Å². The minimum atomic E-state index is -0.516. The number of non-ortho nitro benzene ring substituents is 1. The van der Waals surface area contributed by atoms with Crippen LogP contribution in [0, 0.1) is 17.0 Å². The van der Waals surface area contributed by atoms with Crippen molar-refractivity contribution >= 4 is 28.6 Å². The van der Waals surface area contributed by atoms with E-state index in [4.69, 9.17) is 0 Å². The zero-order valence-corrected chi connectivity index (χ0v) is 16.4. The zero-order valence-electron chi connectivity index (χ0n) is 15.6. The monoisotopic (exact) mass is 396 g/mol. The average molecular weight is 396 g/mol. The SMILES string of the molecule is CNc1ccc([N+](=O)[O-])cc1C(=O)NCCc1csc(-c2ccc(C)cc2)n1. The van der Waals surface area contributed by atoms with Crippen molar-refractivity contribution in [2.45, 2.75) is 13.3 Å². The van der Waals surface area contributed by atoms with Crippen molar-refractivity contribution in [3.63, 3.8) is 0 Å². The predicted octanol–water partition coefficient (Wildman–Crippen LogP) is 4.04. The van der Waals surface area contributed by atoms with Gasteiger partial charge in [-0.15, -0.1) is 11.3 Å². The van der Waals surface area contributed by atoms with E-state index in [-0.39, 0.29) is 17.2 Å². The lowest BCUT2D eigenvalue weighted by Gasteiger charge is -2.09. The molecule has 0 saturated carbocycles. The van der Waals surface area contributed by atoms with Crippen LogP contribution in [0.2, 0.25) is 0 Å². The lowest BCUT2D eigenvalue weighted by Crippen LogP contribution is -2.26. The van der Waals surface area contributed by atoms with Crippen LogP contribution in [0.4, 0.5) is 11.4 Å². The van der Waals surface area contributed by atoms with Crippen molar-refractivity contribution in [3.05, 3.63) is 74.8 Å². The summed E-state index contributed by atoms with van der Waals surface area (Å²) in [7, 11) is 1.67. The van der Waals surface area contributed by atoms with Crippen molar-refractivity contribution in [2.24, 2.45) is 0 Å². The summed E-state index contributed by atoms with van der Waals surface area (Å²) in [5.41, 5.74) is 3.83. The molecule has 0 spiro atoms. The minimum Gasteiger partial charge on any atom is -0.387 e. The van der Waals surface area contributed by atoms with E-state index < -0.39 is 4.92 Å². The molecule has 0 saturated heterocycles. The van der Waals surface area contributed by atoms with Gasteiger partial charge in [0, 0.05) is 48.8 Å². The summed E-state index contributed by atoms with van der Waals surface area (Å²) in [6, 6.07) is 12.4. The molecule has 0 aliphatic carbocycles.